The van der Waals surface area contributed by atoms with Crippen LogP contribution in [0.2, 0.25) is 0 Å². The summed E-state index contributed by atoms with van der Waals surface area (Å²) in [6.07, 6.45) is 2.51. The Balaban J connectivity index is 2.44. The van der Waals surface area contributed by atoms with E-state index in [0.29, 0.717) is 12.2 Å². The molecule has 0 bridgehead atoms. The second-order valence-corrected chi connectivity index (χ2v) is 5.85. The standard InChI is InChI=1S/C13H22O2S/c1-4-13(9(2)3)16-8-11-5-10(7-14)6-12(11)15/h10-11,14H,4-8H2,1-3H3. The molecule has 0 aromatic carbocycles. The maximum absolute atomic E-state index is 11.7. The Morgan fingerprint density at radius 3 is 2.62 bits per heavy atom. The summed E-state index contributed by atoms with van der Waals surface area (Å²) in [7, 11) is 0. The Hall–Kier alpha value is -0.280. The molecular formula is C13H22O2S. The van der Waals surface area contributed by atoms with Gasteiger partial charge >= 0.3 is 0 Å². The van der Waals surface area contributed by atoms with Crippen molar-refractivity contribution in [1.82, 2.24) is 0 Å². The van der Waals surface area contributed by atoms with Crippen LogP contribution >= 0.6 is 11.8 Å². The first-order valence-corrected chi connectivity index (χ1v) is 6.99. The topological polar surface area (TPSA) is 37.3 Å². The molecule has 1 rings (SSSR count). The third-order valence-corrected chi connectivity index (χ3v) is 4.77. The number of aliphatic hydroxyl groups excluding tert-OH is 1. The van der Waals surface area contributed by atoms with E-state index in [1.54, 1.807) is 0 Å². The fraction of sp³-hybridized carbons (Fsp3) is 0.769. The lowest BCUT2D eigenvalue weighted by atomic mass is 10.1. The maximum atomic E-state index is 11.7. The number of hydrogen-bond donors (Lipinski definition) is 1. The number of carbonyl (C=O) groups excluding carboxylic acids is 1. The molecule has 0 aromatic rings. The molecule has 1 aliphatic rings. The summed E-state index contributed by atoms with van der Waals surface area (Å²) < 4.78 is 0. The summed E-state index contributed by atoms with van der Waals surface area (Å²) >= 11 is 1.82. The molecule has 1 aliphatic carbocycles. The predicted molar refractivity (Wildman–Crippen MR) is 69.4 cm³/mol. The van der Waals surface area contributed by atoms with Gasteiger partial charge in [0.2, 0.25) is 0 Å². The zero-order valence-electron chi connectivity index (χ0n) is 10.5. The van der Waals surface area contributed by atoms with Gasteiger partial charge in [-0.1, -0.05) is 12.5 Å². The van der Waals surface area contributed by atoms with Gasteiger partial charge < -0.3 is 5.11 Å². The highest BCUT2D eigenvalue weighted by Crippen LogP contribution is 2.33. The molecule has 1 N–H and O–H groups in total. The van der Waals surface area contributed by atoms with Gasteiger partial charge in [0.15, 0.2) is 0 Å². The van der Waals surface area contributed by atoms with Crippen molar-refractivity contribution in [2.75, 3.05) is 12.4 Å². The summed E-state index contributed by atoms with van der Waals surface area (Å²) in [6, 6.07) is 0. The van der Waals surface area contributed by atoms with Crippen LogP contribution in [0.25, 0.3) is 0 Å². The van der Waals surface area contributed by atoms with E-state index in [9.17, 15) is 4.79 Å². The Bertz CT molecular complexity index is 280. The normalized spacial score (nSPS) is 24.9. The number of carbonyl (C=O) groups is 1. The van der Waals surface area contributed by atoms with Gasteiger partial charge in [0.05, 0.1) is 0 Å². The molecule has 2 nitrogen and oxygen atoms in total. The number of ketones is 1. The highest BCUT2D eigenvalue weighted by atomic mass is 32.2. The minimum Gasteiger partial charge on any atom is -0.396 e. The van der Waals surface area contributed by atoms with Crippen LogP contribution in [0, 0.1) is 11.8 Å². The molecule has 0 radical (unpaired) electrons. The molecular weight excluding hydrogens is 220 g/mol. The Morgan fingerprint density at radius 1 is 1.50 bits per heavy atom. The number of thioether (sulfide) groups is 1. The third kappa shape index (κ3) is 3.63. The minimum atomic E-state index is 0.163. The molecule has 0 heterocycles. The first-order valence-electron chi connectivity index (χ1n) is 6.01. The van der Waals surface area contributed by atoms with Crippen LogP contribution < -0.4 is 0 Å². The molecule has 0 saturated heterocycles. The Kier molecular flexibility index (Phi) is 5.56. The van der Waals surface area contributed by atoms with E-state index in [2.05, 4.69) is 20.8 Å². The molecule has 1 saturated carbocycles. The van der Waals surface area contributed by atoms with Crippen LogP contribution in [0.5, 0.6) is 0 Å². The van der Waals surface area contributed by atoms with Crippen molar-refractivity contribution in [1.29, 1.82) is 0 Å². The number of allylic oxidation sites excluding steroid dienone is 2. The summed E-state index contributed by atoms with van der Waals surface area (Å²) in [4.78, 5) is 13.1. The van der Waals surface area contributed by atoms with E-state index in [0.717, 1.165) is 18.6 Å². The first-order chi connectivity index (χ1) is 7.58. The van der Waals surface area contributed by atoms with E-state index < -0.39 is 0 Å². The van der Waals surface area contributed by atoms with Gasteiger partial charge in [0, 0.05) is 24.7 Å². The minimum absolute atomic E-state index is 0.163. The van der Waals surface area contributed by atoms with Crippen molar-refractivity contribution < 1.29 is 9.90 Å². The summed E-state index contributed by atoms with van der Waals surface area (Å²) in [5, 5.41) is 9.05. The predicted octanol–water partition coefficient (Wildman–Crippen LogP) is 3.01. The molecule has 0 amide bonds. The Labute approximate surface area is 103 Å². The van der Waals surface area contributed by atoms with Gasteiger partial charge in [0.25, 0.3) is 0 Å². The first kappa shape index (κ1) is 13.8. The van der Waals surface area contributed by atoms with E-state index in [4.69, 9.17) is 5.11 Å². The highest BCUT2D eigenvalue weighted by molar-refractivity contribution is 8.03. The van der Waals surface area contributed by atoms with Crippen molar-refractivity contribution in [3.63, 3.8) is 0 Å². The van der Waals surface area contributed by atoms with E-state index in [1.165, 1.54) is 10.5 Å². The zero-order valence-corrected chi connectivity index (χ0v) is 11.3. The van der Waals surface area contributed by atoms with E-state index in [1.807, 2.05) is 11.8 Å². The van der Waals surface area contributed by atoms with Gasteiger partial charge in [-0.25, -0.2) is 0 Å². The zero-order chi connectivity index (χ0) is 12.1. The average Bonchev–Trinajstić information content (AvgIpc) is 2.60. The largest absolute Gasteiger partial charge is 0.396 e. The molecule has 1 fully saturated rings. The van der Waals surface area contributed by atoms with Crippen LogP contribution in [0.3, 0.4) is 0 Å². The quantitative estimate of drug-likeness (QED) is 0.805. The smallest absolute Gasteiger partial charge is 0.137 e. The second-order valence-electron chi connectivity index (χ2n) is 4.74. The maximum Gasteiger partial charge on any atom is 0.137 e. The fourth-order valence-electron chi connectivity index (χ4n) is 2.17. The highest BCUT2D eigenvalue weighted by Gasteiger charge is 2.31. The van der Waals surface area contributed by atoms with Gasteiger partial charge in [-0.05, 0) is 37.5 Å². The van der Waals surface area contributed by atoms with Crippen LogP contribution in [-0.4, -0.2) is 23.2 Å². The monoisotopic (exact) mass is 242 g/mol. The molecule has 0 spiro atoms. The summed E-state index contributed by atoms with van der Waals surface area (Å²) in [5.41, 5.74) is 1.36. The number of aliphatic hydroxyl groups is 1. The van der Waals surface area contributed by atoms with Crippen LogP contribution in [0.15, 0.2) is 10.5 Å². The average molecular weight is 242 g/mol. The lowest BCUT2D eigenvalue weighted by molar-refractivity contribution is -0.120. The third-order valence-electron chi connectivity index (χ3n) is 3.16. The van der Waals surface area contributed by atoms with Gasteiger partial charge in [0.1, 0.15) is 5.78 Å². The molecule has 3 heteroatoms. The summed E-state index contributed by atoms with van der Waals surface area (Å²) in [5.74, 6) is 1.62. The van der Waals surface area contributed by atoms with Crippen LogP contribution in [0.4, 0.5) is 0 Å². The molecule has 2 unspecified atom stereocenters. The molecule has 2 atom stereocenters. The number of hydrogen-bond acceptors (Lipinski definition) is 3. The van der Waals surface area contributed by atoms with E-state index >= 15 is 0 Å². The van der Waals surface area contributed by atoms with Gasteiger partial charge in [-0.3, -0.25) is 4.79 Å². The van der Waals surface area contributed by atoms with Crippen molar-refractivity contribution in [2.24, 2.45) is 11.8 Å². The number of rotatable bonds is 5. The van der Waals surface area contributed by atoms with Crippen molar-refractivity contribution in [3.05, 3.63) is 10.5 Å². The van der Waals surface area contributed by atoms with Crippen molar-refractivity contribution >= 4 is 17.5 Å². The van der Waals surface area contributed by atoms with Crippen molar-refractivity contribution in [3.8, 4) is 0 Å². The lowest BCUT2D eigenvalue weighted by Crippen LogP contribution is -2.09. The Morgan fingerprint density at radius 2 is 2.19 bits per heavy atom. The molecule has 16 heavy (non-hydrogen) atoms. The number of Topliss-reactive ketones (excluding diaryl/α,β-unsaturated/α-hetero) is 1. The SMILES string of the molecule is CCC(SCC1CC(CO)CC1=O)=C(C)C. The van der Waals surface area contributed by atoms with Gasteiger partial charge in [-0.2, -0.15) is 0 Å². The fourth-order valence-corrected chi connectivity index (χ4v) is 3.39. The van der Waals surface area contributed by atoms with Crippen LogP contribution in [0.1, 0.15) is 40.0 Å². The molecule has 92 valence electrons. The second kappa shape index (κ2) is 6.45. The molecule has 0 aromatic heterocycles. The van der Waals surface area contributed by atoms with Crippen LogP contribution in [-0.2, 0) is 4.79 Å². The molecule has 0 aliphatic heterocycles. The van der Waals surface area contributed by atoms with Crippen molar-refractivity contribution in [2.45, 2.75) is 40.0 Å². The lowest BCUT2D eigenvalue weighted by Gasteiger charge is -2.11. The van der Waals surface area contributed by atoms with E-state index in [-0.39, 0.29) is 18.4 Å². The summed E-state index contributed by atoms with van der Waals surface area (Å²) in [6.45, 7) is 6.57. The van der Waals surface area contributed by atoms with Gasteiger partial charge in [-0.15, -0.1) is 11.8 Å².